The molecule has 4 rings (SSSR count). The molecule has 0 radical (unpaired) electrons. The molecule has 1 atom stereocenters. The van der Waals surface area contributed by atoms with Gasteiger partial charge in [-0.15, -0.1) is 0 Å². The molecule has 0 bridgehead atoms. The lowest BCUT2D eigenvalue weighted by molar-refractivity contribution is 0.139. The number of benzene rings is 2. The predicted octanol–water partition coefficient (Wildman–Crippen LogP) is 5.52. The number of aromatic amines is 1. The fraction of sp³-hybridized carbons (Fsp3) is 0.292. The zero-order valence-electron chi connectivity index (χ0n) is 19.5. The second-order valence-electron chi connectivity index (χ2n) is 10.00. The number of nitrogens with zero attached hydrogens (tertiary/aromatic N) is 1. The number of aromatic nitrogens is 2. The van der Waals surface area contributed by atoms with Gasteiger partial charge in [0.05, 0.1) is 11.3 Å². The minimum absolute atomic E-state index is 0.108. The zero-order valence-corrected chi connectivity index (χ0v) is 21.5. The van der Waals surface area contributed by atoms with E-state index in [1.165, 1.54) is 0 Å². The largest absolute Gasteiger partial charge is 0.544 e. The van der Waals surface area contributed by atoms with Gasteiger partial charge in [0.1, 0.15) is 11.6 Å². The van der Waals surface area contributed by atoms with Crippen LogP contribution < -0.4 is 15.3 Å². The van der Waals surface area contributed by atoms with Gasteiger partial charge in [0.25, 0.3) is 5.56 Å². The number of hydrogen-bond donors (Lipinski definition) is 2. The minimum atomic E-state index is -2.03. The molecule has 32 heavy (non-hydrogen) atoms. The summed E-state index contributed by atoms with van der Waals surface area (Å²) in [5, 5.41) is 6.77. The molecule has 1 aliphatic heterocycles. The van der Waals surface area contributed by atoms with Crippen LogP contribution in [0, 0.1) is 0 Å². The van der Waals surface area contributed by atoms with Crippen LogP contribution in [0.15, 0.2) is 65.5 Å². The van der Waals surface area contributed by atoms with Crippen molar-refractivity contribution in [2.24, 2.45) is 0 Å². The Balaban J connectivity index is 1.84. The molecule has 2 aromatic carbocycles. The fourth-order valence-corrected chi connectivity index (χ4v) is 5.87. The van der Waals surface area contributed by atoms with Gasteiger partial charge in [-0.25, -0.2) is 4.68 Å². The number of rotatable bonds is 6. The van der Waals surface area contributed by atoms with Crippen molar-refractivity contribution < 1.29 is 8.85 Å². The Bertz CT molecular complexity index is 1200. The first-order valence-corrected chi connectivity index (χ1v) is 17.7. The van der Waals surface area contributed by atoms with Crippen molar-refractivity contribution in [1.29, 1.82) is 0 Å². The summed E-state index contributed by atoms with van der Waals surface area (Å²) in [7, 11) is -3.89. The summed E-state index contributed by atoms with van der Waals surface area (Å²) in [6, 6.07) is 17.5. The summed E-state index contributed by atoms with van der Waals surface area (Å²) in [4.78, 5) is 13.1. The van der Waals surface area contributed by atoms with Crippen molar-refractivity contribution in [1.82, 2.24) is 9.78 Å². The van der Waals surface area contributed by atoms with Crippen LogP contribution in [0.5, 0.6) is 5.75 Å². The lowest BCUT2D eigenvalue weighted by Gasteiger charge is -2.41. The topological polar surface area (TPSA) is 68.3 Å². The maximum atomic E-state index is 13.1. The third-order valence-electron chi connectivity index (χ3n) is 4.91. The normalized spacial score (nSPS) is 18.2. The van der Waals surface area contributed by atoms with Gasteiger partial charge in [-0.1, -0.05) is 36.4 Å². The van der Waals surface area contributed by atoms with E-state index in [4.69, 9.17) is 8.85 Å². The molecule has 1 aromatic heterocycles. The van der Waals surface area contributed by atoms with Crippen LogP contribution in [0.2, 0.25) is 39.3 Å². The van der Waals surface area contributed by atoms with Crippen molar-refractivity contribution in [3.05, 3.63) is 82.2 Å². The fourth-order valence-electron chi connectivity index (χ4n) is 3.83. The van der Waals surface area contributed by atoms with Gasteiger partial charge >= 0.3 is 0 Å². The first-order valence-electron chi connectivity index (χ1n) is 10.8. The zero-order chi connectivity index (χ0) is 23.1. The molecular weight excluding hydrogens is 434 g/mol. The summed E-state index contributed by atoms with van der Waals surface area (Å²) in [6.07, 6.45) is 3.81. The molecule has 2 heterocycles. The molecule has 0 saturated carbocycles. The van der Waals surface area contributed by atoms with Crippen LogP contribution in [0.4, 0.5) is 5.82 Å². The van der Waals surface area contributed by atoms with Gasteiger partial charge < -0.3 is 14.2 Å². The van der Waals surface area contributed by atoms with Gasteiger partial charge in [0.15, 0.2) is 14.0 Å². The molecule has 0 saturated heterocycles. The monoisotopic (exact) mass is 465 g/mol. The average Bonchev–Trinajstić information content (AvgIpc) is 3.02. The standard InChI is InChI=1S/C24H31N3O3Si2/c1-31(2,3)29-21-15-11-10-14-20(21)24(30-32(4,5)6)17-16-19-22(25-24)26-27(23(19)28)18-12-8-7-9-13-18/h7-17,25-26H,1-6H3. The van der Waals surface area contributed by atoms with E-state index in [-0.39, 0.29) is 5.56 Å². The quantitative estimate of drug-likeness (QED) is 0.470. The van der Waals surface area contributed by atoms with Crippen LogP contribution >= 0.6 is 0 Å². The Labute approximate surface area is 191 Å². The van der Waals surface area contributed by atoms with Gasteiger partial charge in [-0.05, 0) is 69.6 Å². The van der Waals surface area contributed by atoms with Crippen molar-refractivity contribution in [3.8, 4) is 11.4 Å². The molecule has 0 amide bonds. The highest BCUT2D eigenvalue weighted by atomic mass is 28.4. The molecule has 3 aromatic rings. The minimum Gasteiger partial charge on any atom is -0.544 e. The van der Waals surface area contributed by atoms with Gasteiger partial charge in [-0.2, -0.15) is 0 Å². The number of hydrogen-bond acceptors (Lipinski definition) is 4. The maximum Gasteiger partial charge on any atom is 0.280 e. The molecule has 2 N–H and O–H groups in total. The van der Waals surface area contributed by atoms with Crippen LogP contribution in [-0.2, 0) is 10.2 Å². The van der Waals surface area contributed by atoms with Gasteiger partial charge in [-0.3, -0.25) is 9.89 Å². The molecule has 8 heteroatoms. The number of para-hydroxylation sites is 2. The second kappa shape index (κ2) is 7.95. The first kappa shape index (κ1) is 22.4. The molecule has 1 unspecified atom stereocenters. The number of fused-ring (bicyclic) bond motifs is 1. The number of nitrogens with one attached hydrogen (secondary N) is 2. The molecule has 0 fully saturated rings. The molecule has 0 spiro atoms. The van der Waals surface area contributed by atoms with Crippen molar-refractivity contribution >= 4 is 28.5 Å². The molecule has 1 aliphatic rings. The van der Waals surface area contributed by atoms with E-state index in [0.29, 0.717) is 11.4 Å². The summed E-state index contributed by atoms with van der Waals surface area (Å²) in [5.41, 5.74) is 1.20. The van der Waals surface area contributed by atoms with Crippen LogP contribution in [-0.4, -0.2) is 26.4 Å². The van der Waals surface area contributed by atoms with Crippen molar-refractivity contribution in [2.75, 3.05) is 5.32 Å². The van der Waals surface area contributed by atoms with E-state index in [2.05, 4.69) is 49.7 Å². The highest BCUT2D eigenvalue weighted by Crippen LogP contribution is 2.41. The molecule has 6 nitrogen and oxygen atoms in total. The van der Waals surface area contributed by atoms with E-state index < -0.39 is 22.4 Å². The van der Waals surface area contributed by atoms with Crippen molar-refractivity contribution in [2.45, 2.75) is 45.0 Å². The highest BCUT2D eigenvalue weighted by Gasteiger charge is 2.41. The van der Waals surface area contributed by atoms with Crippen molar-refractivity contribution in [3.63, 3.8) is 0 Å². The predicted molar refractivity (Wildman–Crippen MR) is 136 cm³/mol. The molecule has 168 valence electrons. The van der Waals surface area contributed by atoms with E-state index in [0.717, 1.165) is 17.0 Å². The highest BCUT2D eigenvalue weighted by molar-refractivity contribution is 6.70. The molecular formula is C24H31N3O3Si2. The van der Waals surface area contributed by atoms with Gasteiger partial charge in [0.2, 0.25) is 8.32 Å². The smallest absolute Gasteiger partial charge is 0.280 e. The Morgan fingerprint density at radius 1 is 0.875 bits per heavy atom. The summed E-state index contributed by atoms with van der Waals surface area (Å²) in [6.45, 7) is 12.9. The third kappa shape index (κ3) is 4.52. The Morgan fingerprint density at radius 2 is 1.53 bits per heavy atom. The SMILES string of the molecule is C[Si](C)(C)Oc1ccccc1C1(O[Si](C)(C)C)C=Cc2c([nH]n(-c3ccccc3)c2=O)N1. The van der Waals surface area contributed by atoms with Crippen LogP contribution in [0.25, 0.3) is 11.8 Å². The number of H-pyrrole nitrogens is 1. The van der Waals surface area contributed by atoms with Gasteiger partial charge in [0, 0.05) is 5.56 Å². The van der Waals surface area contributed by atoms with E-state index in [1.54, 1.807) is 4.68 Å². The second-order valence-corrected chi connectivity index (χ2v) is 18.9. The summed E-state index contributed by atoms with van der Waals surface area (Å²) < 4.78 is 14.8. The number of anilines is 1. The third-order valence-corrected chi connectivity index (χ3v) is 6.67. The Hall–Kier alpha value is -2.82. The Morgan fingerprint density at radius 3 is 2.19 bits per heavy atom. The lowest BCUT2D eigenvalue weighted by atomic mass is 9.97. The van der Waals surface area contributed by atoms with Crippen LogP contribution in [0.1, 0.15) is 11.1 Å². The summed E-state index contributed by atoms with van der Waals surface area (Å²) >= 11 is 0. The van der Waals surface area contributed by atoms with E-state index >= 15 is 0 Å². The average molecular weight is 466 g/mol. The van der Waals surface area contributed by atoms with E-state index in [9.17, 15) is 4.79 Å². The lowest BCUT2D eigenvalue weighted by Crippen LogP contribution is -2.46. The Kier molecular flexibility index (Phi) is 5.56. The van der Waals surface area contributed by atoms with E-state index in [1.807, 2.05) is 66.7 Å². The summed E-state index contributed by atoms with van der Waals surface area (Å²) in [5.74, 6) is 1.43. The van der Waals surface area contributed by atoms with Crippen LogP contribution in [0.3, 0.4) is 0 Å². The maximum absolute atomic E-state index is 13.1. The molecule has 0 aliphatic carbocycles. The first-order chi connectivity index (χ1) is 15.0.